The topological polar surface area (TPSA) is 51.5 Å². The molecule has 0 amide bonds. The summed E-state index contributed by atoms with van der Waals surface area (Å²) in [5.41, 5.74) is 3.83. The summed E-state index contributed by atoms with van der Waals surface area (Å²) in [6, 6.07) is 7.67. The van der Waals surface area contributed by atoms with E-state index >= 15 is 0 Å². The molecule has 1 aromatic carbocycles. The van der Waals surface area contributed by atoms with Gasteiger partial charge in [-0.05, 0) is 57.5 Å². The van der Waals surface area contributed by atoms with Crippen LogP contribution < -0.4 is 4.74 Å². The molecule has 20 heavy (non-hydrogen) atoms. The molecular formula is C16H19NO3. The molecule has 2 aromatic rings. The van der Waals surface area contributed by atoms with Crippen LogP contribution in [0.1, 0.15) is 34.2 Å². The largest absolute Gasteiger partial charge is 0.494 e. The number of carboxylic acids is 1. The van der Waals surface area contributed by atoms with Crippen molar-refractivity contribution in [1.29, 1.82) is 0 Å². The fourth-order valence-electron chi connectivity index (χ4n) is 2.54. The zero-order chi connectivity index (χ0) is 14.9. The van der Waals surface area contributed by atoms with Crippen molar-refractivity contribution >= 4 is 5.97 Å². The minimum absolute atomic E-state index is 0.386. The lowest BCUT2D eigenvalue weighted by molar-refractivity contribution is 0.0695. The van der Waals surface area contributed by atoms with Gasteiger partial charge in [-0.15, -0.1) is 0 Å². The Morgan fingerprint density at radius 3 is 2.20 bits per heavy atom. The van der Waals surface area contributed by atoms with Crippen LogP contribution in [0.15, 0.2) is 24.3 Å². The maximum atomic E-state index is 11.3. The molecule has 0 atom stereocenters. The zero-order valence-electron chi connectivity index (χ0n) is 12.2. The van der Waals surface area contributed by atoms with Crippen molar-refractivity contribution in [3.8, 4) is 11.4 Å². The van der Waals surface area contributed by atoms with Crippen LogP contribution in [0.4, 0.5) is 0 Å². The van der Waals surface area contributed by atoms with Gasteiger partial charge in [-0.2, -0.15) is 0 Å². The van der Waals surface area contributed by atoms with Crippen LogP contribution in [0.2, 0.25) is 0 Å². The van der Waals surface area contributed by atoms with Crippen molar-refractivity contribution < 1.29 is 14.6 Å². The molecule has 1 N–H and O–H groups in total. The normalized spacial score (nSPS) is 10.6. The summed E-state index contributed by atoms with van der Waals surface area (Å²) in [7, 11) is 0. The van der Waals surface area contributed by atoms with Crippen LogP contribution in [0.3, 0.4) is 0 Å². The van der Waals surface area contributed by atoms with Crippen molar-refractivity contribution in [3.63, 3.8) is 0 Å². The van der Waals surface area contributed by atoms with Gasteiger partial charge in [0.25, 0.3) is 0 Å². The van der Waals surface area contributed by atoms with Gasteiger partial charge in [-0.3, -0.25) is 0 Å². The summed E-state index contributed by atoms with van der Waals surface area (Å²) >= 11 is 0. The van der Waals surface area contributed by atoms with Crippen molar-refractivity contribution in [2.45, 2.75) is 27.7 Å². The van der Waals surface area contributed by atoms with E-state index < -0.39 is 5.97 Å². The van der Waals surface area contributed by atoms with E-state index in [-0.39, 0.29) is 0 Å². The lowest BCUT2D eigenvalue weighted by Crippen LogP contribution is -2.02. The predicted molar refractivity (Wildman–Crippen MR) is 78.1 cm³/mol. The minimum atomic E-state index is -0.882. The Bertz CT molecular complexity index is 639. The van der Waals surface area contributed by atoms with E-state index in [4.69, 9.17) is 4.74 Å². The second kappa shape index (κ2) is 5.41. The van der Waals surface area contributed by atoms with Gasteiger partial charge in [0.2, 0.25) is 0 Å². The van der Waals surface area contributed by atoms with E-state index in [0.29, 0.717) is 12.2 Å². The maximum absolute atomic E-state index is 11.3. The Morgan fingerprint density at radius 2 is 1.75 bits per heavy atom. The standard InChI is InChI=1S/C16H19NO3/c1-5-20-14-8-6-13(7-9-14)17-11(3)10(2)15(12(17)4)16(18)19/h6-9H,5H2,1-4H3,(H,18,19). The van der Waals surface area contributed by atoms with Crippen molar-refractivity contribution in [2.24, 2.45) is 0 Å². The summed E-state index contributed by atoms with van der Waals surface area (Å²) in [4.78, 5) is 11.3. The first-order valence-electron chi connectivity index (χ1n) is 6.62. The molecule has 2 rings (SSSR count). The highest BCUT2D eigenvalue weighted by molar-refractivity contribution is 5.91. The van der Waals surface area contributed by atoms with Crippen LogP contribution in [0, 0.1) is 20.8 Å². The van der Waals surface area contributed by atoms with Crippen LogP contribution >= 0.6 is 0 Å². The third-order valence-electron chi connectivity index (χ3n) is 3.57. The van der Waals surface area contributed by atoms with E-state index in [1.807, 2.05) is 56.5 Å². The SMILES string of the molecule is CCOc1ccc(-n2c(C)c(C)c(C(=O)O)c2C)cc1. The number of aromatic carboxylic acids is 1. The number of carboxylic acid groups (broad SMARTS) is 1. The summed E-state index contributed by atoms with van der Waals surface area (Å²) < 4.78 is 7.39. The first-order valence-corrected chi connectivity index (χ1v) is 6.62. The van der Waals surface area contributed by atoms with Crippen LogP contribution in [-0.4, -0.2) is 22.2 Å². The van der Waals surface area contributed by atoms with Crippen molar-refractivity contribution in [1.82, 2.24) is 4.57 Å². The number of rotatable bonds is 4. The molecule has 0 aliphatic heterocycles. The Hall–Kier alpha value is -2.23. The van der Waals surface area contributed by atoms with Gasteiger partial charge in [-0.1, -0.05) is 0 Å². The third-order valence-corrected chi connectivity index (χ3v) is 3.57. The Morgan fingerprint density at radius 1 is 1.15 bits per heavy atom. The predicted octanol–water partition coefficient (Wildman–Crippen LogP) is 3.50. The molecule has 0 radical (unpaired) electrons. The molecule has 0 unspecified atom stereocenters. The molecule has 4 nitrogen and oxygen atoms in total. The molecule has 0 aliphatic carbocycles. The van der Waals surface area contributed by atoms with E-state index in [1.54, 1.807) is 0 Å². The number of ether oxygens (including phenoxy) is 1. The fraction of sp³-hybridized carbons (Fsp3) is 0.312. The number of hydrogen-bond acceptors (Lipinski definition) is 2. The summed E-state index contributed by atoms with van der Waals surface area (Å²) in [6.45, 7) is 8.18. The average molecular weight is 273 g/mol. The summed E-state index contributed by atoms with van der Waals surface area (Å²) in [5.74, 6) is -0.0679. The average Bonchev–Trinajstić information content (AvgIpc) is 2.62. The Kier molecular flexibility index (Phi) is 3.84. The molecule has 0 saturated heterocycles. The third kappa shape index (κ3) is 2.29. The zero-order valence-corrected chi connectivity index (χ0v) is 12.2. The Balaban J connectivity index is 2.53. The van der Waals surface area contributed by atoms with Gasteiger partial charge >= 0.3 is 5.97 Å². The van der Waals surface area contributed by atoms with Gasteiger partial charge < -0.3 is 14.4 Å². The number of benzene rings is 1. The van der Waals surface area contributed by atoms with Crippen LogP contribution in [-0.2, 0) is 0 Å². The molecule has 1 heterocycles. The lowest BCUT2D eigenvalue weighted by atomic mass is 10.1. The highest BCUT2D eigenvalue weighted by Gasteiger charge is 2.20. The number of carbonyl (C=O) groups is 1. The molecule has 0 bridgehead atoms. The molecule has 0 saturated carbocycles. The highest BCUT2D eigenvalue weighted by Crippen LogP contribution is 2.26. The number of hydrogen-bond donors (Lipinski definition) is 1. The Labute approximate surface area is 118 Å². The quantitative estimate of drug-likeness (QED) is 0.927. The smallest absolute Gasteiger partial charge is 0.337 e. The van der Waals surface area contributed by atoms with Gasteiger partial charge in [0, 0.05) is 17.1 Å². The molecule has 0 aliphatic rings. The molecule has 0 fully saturated rings. The fourth-order valence-corrected chi connectivity index (χ4v) is 2.54. The first-order chi connectivity index (χ1) is 9.47. The van der Waals surface area contributed by atoms with Crippen molar-refractivity contribution in [2.75, 3.05) is 6.61 Å². The van der Waals surface area contributed by atoms with Crippen LogP contribution in [0.25, 0.3) is 5.69 Å². The number of aromatic nitrogens is 1. The first kappa shape index (κ1) is 14.2. The maximum Gasteiger partial charge on any atom is 0.337 e. The monoisotopic (exact) mass is 273 g/mol. The second-order valence-corrected chi connectivity index (χ2v) is 4.74. The van der Waals surface area contributed by atoms with Gasteiger partial charge in [-0.25, -0.2) is 4.79 Å². The van der Waals surface area contributed by atoms with Crippen LogP contribution in [0.5, 0.6) is 5.75 Å². The summed E-state index contributed by atoms with van der Waals surface area (Å²) in [6.07, 6.45) is 0. The van der Waals surface area contributed by atoms with Crippen molar-refractivity contribution in [3.05, 3.63) is 46.8 Å². The van der Waals surface area contributed by atoms with E-state index in [1.165, 1.54) is 0 Å². The summed E-state index contributed by atoms with van der Waals surface area (Å²) in [5, 5.41) is 9.31. The van der Waals surface area contributed by atoms with E-state index in [0.717, 1.165) is 28.4 Å². The molecule has 4 heteroatoms. The van der Waals surface area contributed by atoms with Gasteiger partial charge in [0.1, 0.15) is 5.75 Å². The number of nitrogens with zero attached hydrogens (tertiary/aromatic N) is 1. The van der Waals surface area contributed by atoms with Gasteiger partial charge in [0.05, 0.1) is 12.2 Å². The molecule has 106 valence electrons. The molecule has 0 spiro atoms. The molecule has 1 aromatic heterocycles. The highest BCUT2D eigenvalue weighted by atomic mass is 16.5. The lowest BCUT2D eigenvalue weighted by Gasteiger charge is -2.11. The van der Waals surface area contributed by atoms with E-state index in [2.05, 4.69) is 0 Å². The van der Waals surface area contributed by atoms with Gasteiger partial charge in [0.15, 0.2) is 0 Å². The minimum Gasteiger partial charge on any atom is -0.494 e. The second-order valence-electron chi connectivity index (χ2n) is 4.74. The molecular weight excluding hydrogens is 254 g/mol. The van der Waals surface area contributed by atoms with E-state index in [9.17, 15) is 9.90 Å².